The van der Waals surface area contributed by atoms with Gasteiger partial charge in [-0.25, -0.2) is 0 Å². The van der Waals surface area contributed by atoms with Crippen molar-refractivity contribution in [3.63, 3.8) is 0 Å². The number of rotatable bonds is 4. The van der Waals surface area contributed by atoms with Gasteiger partial charge in [-0.1, -0.05) is 24.3 Å². The molecule has 1 spiro atoms. The highest BCUT2D eigenvalue weighted by Crippen LogP contribution is 2.55. The molecule has 3 aliphatic heterocycles. The Kier molecular flexibility index (Phi) is 4.16. The highest BCUT2D eigenvalue weighted by molar-refractivity contribution is 5.90. The van der Waals surface area contributed by atoms with Crippen molar-refractivity contribution < 1.29 is 9.53 Å². The molecular formula is C23H27N3O2. The van der Waals surface area contributed by atoms with Crippen molar-refractivity contribution in [1.29, 1.82) is 0 Å². The number of hydrogen-bond donors (Lipinski definition) is 0. The van der Waals surface area contributed by atoms with Crippen molar-refractivity contribution in [3.8, 4) is 5.75 Å². The molecule has 0 radical (unpaired) electrons. The molecule has 0 aliphatic carbocycles. The smallest absolute Gasteiger partial charge is 0.243 e. The third kappa shape index (κ3) is 2.49. The van der Waals surface area contributed by atoms with E-state index in [1.807, 2.05) is 31.2 Å². The molecule has 0 saturated carbocycles. The second kappa shape index (κ2) is 6.59. The summed E-state index contributed by atoms with van der Waals surface area (Å²) in [6.07, 6.45) is 3.08. The third-order valence-electron chi connectivity index (χ3n) is 6.93. The Bertz CT molecular complexity index is 914. The van der Waals surface area contributed by atoms with Crippen LogP contribution in [-0.2, 0) is 11.3 Å². The molecule has 4 heterocycles. The lowest BCUT2D eigenvalue weighted by atomic mass is 9.85. The maximum Gasteiger partial charge on any atom is 0.243 e. The number of likely N-dealkylation sites (tertiary alicyclic amines) is 1. The molecule has 1 aromatic carbocycles. The molecule has 146 valence electrons. The van der Waals surface area contributed by atoms with Gasteiger partial charge in [0.25, 0.3) is 0 Å². The predicted octanol–water partition coefficient (Wildman–Crippen LogP) is 3.34. The van der Waals surface area contributed by atoms with Crippen molar-refractivity contribution in [3.05, 3.63) is 59.4 Å². The Hall–Kier alpha value is -2.40. The molecule has 3 atom stereocenters. The standard InChI is InChI=1S/C23H27N3O2/c1-16-7-5-9-19(24-16)20-13-18-15-25(14-17-8-3-4-10-21(17)28-2)22(27)23(18)11-6-12-26(20)23/h3-5,7-10,18,20H,6,11-15H2,1-2H3/t18-,20-,23-/m0/s1. The van der Waals surface area contributed by atoms with Gasteiger partial charge in [-0.15, -0.1) is 0 Å². The van der Waals surface area contributed by atoms with Crippen LogP contribution < -0.4 is 4.74 Å². The minimum atomic E-state index is -0.321. The molecular weight excluding hydrogens is 350 g/mol. The lowest BCUT2D eigenvalue weighted by Gasteiger charge is -2.33. The Morgan fingerprint density at radius 3 is 2.89 bits per heavy atom. The van der Waals surface area contributed by atoms with Gasteiger partial charge in [0, 0.05) is 30.3 Å². The first-order valence-corrected chi connectivity index (χ1v) is 10.2. The van der Waals surface area contributed by atoms with Crippen LogP contribution in [-0.4, -0.2) is 46.4 Å². The van der Waals surface area contributed by atoms with Crippen molar-refractivity contribution >= 4 is 5.91 Å². The van der Waals surface area contributed by atoms with E-state index in [4.69, 9.17) is 9.72 Å². The number of carbonyl (C=O) groups is 1. The molecule has 5 nitrogen and oxygen atoms in total. The van der Waals surface area contributed by atoms with Crippen molar-refractivity contribution in [1.82, 2.24) is 14.8 Å². The molecule has 1 aromatic heterocycles. The zero-order chi connectivity index (χ0) is 19.3. The molecule has 28 heavy (non-hydrogen) atoms. The maximum atomic E-state index is 13.7. The van der Waals surface area contributed by atoms with E-state index in [2.05, 4.69) is 28.0 Å². The molecule has 0 N–H and O–H groups in total. The van der Waals surface area contributed by atoms with Gasteiger partial charge in [0.05, 0.1) is 18.8 Å². The number of pyridine rings is 1. The topological polar surface area (TPSA) is 45.7 Å². The van der Waals surface area contributed by atoms with Gasteiger partial charge in [0.2, 0.25) is 5.91 Å². The first-order chi connectivity index (χ1) is 13.6. The molecule has 2 aromatic rings. The van der Waals surface area contributed by atoms with Gasteiger partial charge >= 0.3 is 0 Å². The summed E-state index contributed by atoms with van der Waals surface area (Å²) in [6.45, 7) is 4.49. The second-order valence-electron chi connectivity index (χ2n) is 8.37. The van der Waals surface area contributed by atoms with Crippen LogP contribution in [0.1, 0.15) is 42.3 Å². The molecule has 3 aliphatic rings. The number of aryl methyl sites for hydroxylation is 1. The Balaban J connectivity index is 1.43. The fourth-order valence-corrected chi connectivity index (χ4v) is 5.78. The van der Waals surface area contributed by atoms with E-state index in [0.717, 1.165) is 55.1 Å². The van der Waals surface area contributed by atoms with Crippen LogP contribution in [0.25, 0.3) is 0 Å². The van der Waals surface area contributed by atoms with Gasteiger partial charge in [-0.05, 0) is 50.9 Å². The number of aromatic nitrogens is 1. The SMILES string of the molecule is COc1ccccc1CN1C[C@@H]2C[C@@H](c3cccc(C)n3)N3CCC[C@@]23C1=O. The number of carbonyl (C=O) groups excluding carboxylic acids is 1. The van der Waals surface area contributed by atoms with Gasteiger partial charge in [0.15, 0.2) is 0 Å². The van der Waals surface area contributed by atoms with Gasteiger partial charge in [-0.2, -0.15) is 0 Å². The lowest BCUT2D eigenvalue weighted by Crippen LogP contribution is -2.49. The number of para-hydroxylation sites is 1. The highest BCUT2D eigenvalue weighted by atomic mass is 16.5. The van der Waals surface area contributed by atoms with E-state index in [9.17, 15) is 4.79 Å². The highest BCUT2D eigenvalue weighted by Gasteiger charge is 2.65. The Morgan fingerprint density at radius 2 is 2.07 bits per heavy atom. The van der Waals surface area contributed by atoms with Gasteiger partial charge in [0.1, 0.15) is 11.3 Å². The molecule has 3 fully saturated rings. The molecule has 5 heteroatoms. The van der Waals surface area contributed by atoms with E-state index < -0.39 is 0 Å². The summed E-state index contributed by atoms with van der Waals surface area (Å²) in [6, 6.07) is 14.5. The minimum absolute atomic E-state index is 0.268. The summed E-state index contributed by atoms with van der Waals surface area (Å²) in [7, 11) is 1.69. The fraction of sp³-hybridized carbons (Fsp3) is 0.478. The summed E-state index contributed by atoms with van der Waals surface area (Å²) in [4.78, 5) is 23.0. The first-order valence-electron chi connectivity index (χ1n) is 10.2. The average Bonchev–Trinajstić information content (AvgIpc) is 3.33. The Morgan fingerprint density at radius 1 is 1.21 bits per heavy atom. The summed E-state index contributed by atoms with van der Waals surface area (Å²) in [5.74, 6) is 1.54. The average molecular weight is 377 g/mol. The van der Waals surface area contributed by atoms with Crippen molar-refractivity contribution in [2.75, 3.05) is 20.2 Å². The molecule has 0 bridgehead atoms. The third-order valence-corrected chi connectivity index (χ3v) is 6.93. The number of methoxy groups -OCH3 is 1. The lowest BCUT2D eigenvalue weighted by molar-refractivity contribution is -0.137. The maximum absolute atomic E-state index is 13.7. The van der Waals surface area contributed by atoms with Crippen LogP contribution in [0.15, 0.2) is 42.5 Å². The monoisotopic (exact) mass is 377 g/mol. The van der Waals surface area contributed by atoms with E-state index in [1.54, 1.807) is 7.11 Å². The predicted molar refractivity (Wildman–Crippen MR) is 107 cm³/mol. The van der Waals surface area contributed by atoms with Crippen LogP contribution >= 0.6 is 0 Å². The summed E-state index contributed by atoms with van der Waals surface area (Å²) in [5.41, 5.74) is 2.93. The van der Waals surface area contributed by atoms with Gasteiger partial charge < -0.3 is 9.64 Å². The quantitative estimate of drug-likeness (QED) is 0.820. The summed E-state index contributed by atoms with van der Waals surface area (Å²) < 4.78 is 5.50. The van der Waals surface area contributed by atoms with Crippen LogP contribution in [0.4, 0.5) is 0 Å². The zero-order valence-corrected chi connectivity index (χ0v) is 16.6. The normalized spacial score (nSPS) is 29.2. The number of nitrogens with zero attached hydrogens (tertiary/aromatic N) is 3. The van der Waals surface area contributed by atoms with Gasteiger partial charge in [-0.3, -0.25) is 14.7 Å². The molecule has 3 saturated heterocycles. The van der Waals surface area contributed by atoms with E-state index in [0.29, 0.717) is 18.4 Å². The van der Waals surface area contributed by atoms with E-state index in [-0.39, 0.29) is 11.6 Å². The number of amides is 1. The minimum Gasteiger partial charge on any atom is -0.496 e. The fourth-order valence-electron chi connectivity index (χ4n) is 5.78. The number of ether oxygens (including phenoxy) is 1. The Labute approximate surface area is 166 Å². The molecule has 1 amide bonds. The van der Waals surface area contributed by atoms with E-state index >= 15 is 0 Å². The zero-order valence-electron chi connectivity index (χ0n) is 16.6. The van der Waals surface area contributed by atoms with Crippen molar-refractivity contribution in [2.45, 2.75) is 44.3 Å². The number of hydrogen-bond acceptors (Lipinski definition) is 4. The summed E-state index contributed by atoms with van der Waals surface area (Å²) >= 11 is 0. The van der Waals surface area contributed by atoms with Crippen LogP contribution in [0, 0.1) is 12.8 Å². The van der Waals surface area contributed by atoms with Crippen molar-refractivity contribution in [2.24, 2.45) is 5.92 Å². The number of benzene rings is 1. The second-order valence-corrected chi connectivity index (χ2v) is 8.37. The van der Waals surface area contributed by atoms with Crippen LogP contribution in [0.3, 0.4) is 0 Å². The molecule has 5 rings (SSSR count). The molecule has 0 unspecified atom stereocenters. The van der Waals surface area contributed by atoms with Crippen LogP contribution in [0.2, 0.25) is 0 Å². The summed E-state index contributed by atoms with van der Waals surface area (Å²) in [5, 5.41) is 0. The largest absolute Gasteiger partial charge is 0.496 e. The van der Waals surface area contributed by atoms with Crippen LogP contribution in [0.5, 0.6) is 5.75 Å². The van der Waals surface area contributed by atoms with E-state index in [1.165, 1.54) is 0 Å². The first kappa shape index (κ1) is 17.7.